The van der Waals surface area contributed by atoms with E-state index >= 15 is 0 Å². The van der Waals surface area contributed by atoms with Crippen molar-refractivity contribution in [2.75, 3.05) is 7.11 Å². The van der Waals surface area contributed by atoms with Crippen LogP contribution >= 0.6 is 39.9 Å². The molecule has 0 radical (unpaired) electrons. The molecule has 3 rings (SSSR count). The van der Waals surface area contributed by atoms with Crippen molar-refractivity contribution >= 4 is 62.4 Å². The van der Waals surface area contributed by atoms with E-state index in [0.29, 0.717) is 15.0 Å². The number of furan rings is 1. The first kappa shape index (κ1) is 16.9. The highest BCUT2D eigenvalue weighted by atomic mass is 79.9. The summed E-state index contributed by atoms with van der Waals surface area (Å²) in [6.45, 7) is 0. The predicted octanol–water partition coefficient (Wildman–Crippen LogP) is 4.29. The zero-order valence-corrected chi connectivity index (χ0v) is 15.7. The zero-order chi connectivity index (χ0) is 17.1. The number of carbonyl (C=O) groups excluding carboxylic acids is 1. The van der Waals surface area contributed by atoms with Crippen LogP contribution in [0.2, 0.25) is 0 Å². The van der Waals surface area contributed by atoms with Crippen LogP contribution in [0.3, 0.4) is 0 Å². The van der Waals surface area contributed by atoms with Crippen molar-refractivity contribution in [2.24, 2.45) is 5.10 Å². The Kier molecular flexibility index (Phi) is 5.17. The lowest BCUT2D eigenvalue weighted by Gasteiger charge is -2.05. The van der Waals surface area contributed by atoms with Crippen LogP contribution in [0.25, 0.3) is 6.08 Å². The number of hydrazone groups is 1. The molecule has 24 heavy (non-hydrogen) atoms. The van der Waals surface area contributed by atoms with E-state index in [0.717, 1.165) is 15.8 Å². The Balaban J connectivity index is 1.81. The average Bonchev–Trinajstić information content (AvgIpc) is 3.15. The van der Waals surface area contributed by atoms with E-state index in [9.17, 15) is 4.79 Å². The van der Waals surface area contributed by atoms with Crippen LogP contribution < -0.4 is 4.74 Å². The molecule has 1 aromatic carbocycles. The van der Waals surface area contributed by atoms with Gasteiger partial charge in [-0.25, -0.2) is 0 Å². The molecule has 1 aliphatic heterocycles. The van der Waals surface area contributed by atoms with E-state index in [4.69, 9.17) is 21.4 Å². The van der Waals surface area contributed by atoms with E-state index < -0.39 is 0 Å². The third-order valence-electron chi connectivity index (χ3n) is 3.09. The number of nitrogens with zero attached hydrogens (tertiary/aromatic N) is 2. The normalized spacial score (nSPS) is 16.6. The molecule has 1 amide bonds. The molecular formula is C16H11BrN2O3S2. The molecule has 0 aliphatic carbocycles. The largest absolute Gasteiger partial charge is 0.496 e. The van der Waals surface area contributed by atoms with Gasteiger partial charge in [0, 0.05) is 0 Å². The Morgan fingerprint density at radius 2 is 2.25 bits per heavy atom. The van der Waals surface area contributed by atoms with Crippen LogP contribution in [-0.4, -0.2) is 28.6 Å². The molecule has 1 aromatic heterocycles. The van der Waals surface area contributed by atoms with Crippen molar-refractivity contribution < 1.29 is 13.9 Å². The molecule has 2 aromatic rings. The molecule has 1 aliphatic rings. The lowest BCUT2D eigenvalue weighted by atomic mass is 10.2. The van der Waals surface area contributed by atoms with Gasteiger partial charge in [0.1, 0.15) is 11.5 Å². The molecule has 0 atom stereocenters. The standard InChI is InChI=1S/C16H11BrN2O3S2/c1-21-13-5-4-10(7-12(13)17)8-14-15(20)19(16(23)24-14)18-9-11-3-2-6-22-11/h2-9H,1H3. The minimum atomic E-state index is -0.264. The number of hydrogen-bond acceptors (Lipinski definition) is 6. The predicted molar refractivity (Wildman–Crippen MR) is 102 cm³/mol. The zero-order valence-electron chi connectivity index (χ0n) is 12.4. The van der Waals surface area contributed by atoms with E-state index in [1.54, 1.807) is 25.3 Å². The van der Waals surface area contributed by atoms with Gasteiger partial charge in [-0.1, -0.05) is 17.8 Å². The number of hydrogen-bond donors (Lipinski definition) is 0. The van der Waals surface area contributed by atoms with Gasteiger partial charge in [-0.05, 0) is 64.1 Å². The number of amides is 1. The first-order chi connectivity index (χ1) is 11.6. The summed E-state index contributed by atoms with van der Waals surface area (Å²) in [5, 5.41) is 5.28. The summed E-state index contributed by atoms with van der Waals surface area (Å²) in [6, 6.07) is 9.05. The summed E-state index contributed by atoms with van der Waals surface area (Å²) in [6.07, 6.45) is 4.76. The van der Waals surface area contributed by atoms with Gasteiger partial charge in [0.05, 0.1) is 29.0 Å². The number of ether oxygens (including phenoxy) is 1. The molecule has 0 unspecified atom stereocenters. The van der Waals surface area contributed by atoms with Gasteiger partial charge in [0.15, 0.2) is 4.32 Å². The first-order valence-electron chi connectivity index (χ1n) is 6.77. The Hall–Kier alpha value is -1.90. The number of methoxy groups -OCH3 is 1. The quantitative estimate of drug-likeness (QED) is 0.417. The number of rotatable bonds is 4. The van der Waals surface area contributed by atoms with Crippen LogP contribution in [0.5, 0.6) is 5.75 Å². The van der Waals surface area contributed by atoms with Crippen molar-refractivity contribution in [3.05, 3.63) is 57.3 Å². The summed E-state index contributed by atoms with van der Waals surface area (Å²) < 4.78 is 11.5. The molecule has 0 saturated carbocycles. The third kappa shape index (κ3) is 3.61. The molecule has 8 heteroatoms. The molecule has 1 saturated heterocycles. The molecule has 2 heterocycles. The molecule has 122 valence electrons. The first-order valence-corrected chi connectivity index (χ1v) is 8.79. The van der Waals surface area contributed by atoms with Crippen LogP contribution in [0.15, 0.2) is 55.5 Å². The van der Waals surface area contributed by atoms with Crippen LogP contribution in [0.1, 0.15) is 11.3 Å². The minimum Gasteiger partial charge on any atom is -0.496 e. The molecule has 1 fully saturated rings. The minimum absolute atomic E-state index is 0.264. The number of halogens is 1. The molecule has 0 N–H and O–H groups in total. The number of thioether (sulfide) groups is 1. The van der Waals surface area contributed by atoms with Gasteiger partial charge in [-0.15, -0.1) is 0 Å². The van der Waals surface area contributed by atoms with Gasteiger partial charge in [0.25, 0.3) is 5.91 Å². The van der Waals surface area contributed by atoms with E-state index in [-0.39, 0.29) is 5.91 Å². The van der Waals surface area contributed by atoms with Crippen LogP contribution in [0, 0.1) is 0 Å². The van der Waals surface area contributed by atoms with Crippen molar-refractivity contribution in [1.82, 2.24) is 5.01 Å². The fourth-order valence-electron chi connectivity index (χ4n) is 1.96. The Labute approximate surface area is 156 Å². The van der Waals surface area contributed by atoms with Gasteiger partial charge in [0.2, 0.25) is 0 Å². The van der Waals surface area contributed by atoms with Gasteiger partial charge < -0.3 is 9.15 Å². The fourth-order valence-corrected chi connectivity index (χ4v) is 3.69. The number of thiocarbonyl (C=S) groups is 1. The average molecular weight is 423 g/mol. The van der Waals surface area contributed by atoms with E-state index in [1.165, 1.54) is 29.2 Å². The van der Waals surface area contributed by atoms with E-state index in [2.05, 4.69) is 21.0 Å². The second kappa shape index (κ2) is 7.33. The van der Waals surface area contributed by atoms with Crippen molar-refractivity contribution in [1.29, 1.82) is 0 Å². The second-order valence-electron chi connectivity index (χ2n) is 4.65. The maximum atomic E-state index is 12.5. The number of benzene rings is 1. The molecular weight excluding hydrogens is 412 g/mol. The monoisotopic (exact) mass is 422 g/mol. The van der Waals surface area contributed by atoms with Gasteiger partial charge in [-0.2, -0.15) is 10.1 Å². The van der Waals surface area contributed by atoms with Gasteiger partial charge >= 0.3 is 0 Å². The highest BCUT2D eigenvalue weighted by Gasteiger charge is 2.32. The topological polar surface area (TPSA) is 55.0 Å². The van der Waals surface area contributed by atoms with Crippen LogP contribution in [0.4, 0.5) is 0 Å². The maximum absolute atomic E-state index is 12.5. The molecule has 5 nitrogen and oxygen atoms in total. The van der Waals surface area contributed by atoms with Crippen molar-refractivity contribution in [3.63, 3.8) is 0 Å². The lowest BCUT2D eigenvalue weighted by molar-refractivity contribution is -0.122. The molecule has 0 spiro atoms. The summed E-state index contributed by atoms with van der Waals surface area (Å²) in [4.78, 5) is 13.0. The van der Waals surface area contributed by atoms with E-state index in [1.807, 2.05) is 18.2 Å². The smallest absolute Gasteiger partial charge is 0.286 e. The van der Waals surface area contributed by atoms with Crippen molar-refractivity contribution in [2.45, 2.75) is 0 Å². The summed E-state index contributed by atoms with van der Waals surface area (Å²) >= 11 is 9.86. The third-order valence-corrected chi connectivity index (χ3v) is 4.99. The van der Waals surface area contributed by atoms with Crippen molar-refractivity contribution in [3.8, 4) is 5.75 Å². The highest BCUT2D eigenvalue weighted by Crippen LogP contribution is 2.34. The Morgan fingerprint density at radius 1 is 1.42 bits per heavy atom. The number of carbonyl (C=O) groups is 1. The second-order valence-corrected chi connectivity index (χ2v) is 7.18. The van der Waals surface area contributed by atoms with Gasteiger partial charge in [-0.3, -0.25) is 4.79 Å². The lowest BCUT2D eigenvalue weighted by Crippen LogP contribution is -2.22. The molecule has 0 bridgehead atoms. The maximum Gasteiger partial charge on any atom is 0.286 e. The summed E-state index contributed by atoms with van der Waals surface area (Å²) in [7, 11) is 1.60. The van der Waals surface area contributed by atoms with Crippen LogP contribution in [-0.2, 0) is 4.79 Å². The summed E-state index contributed by atoms with van der Waals surface area (Å²) in [5.74, 6) is 1.01. The highest BCUT2D eigenvalue weighted by molar-refractivity contribution is 9.10. The Bertz CT molecular complexity index is 847. The SMILES string of the molecule is COc1ccc(C=C2SC(=S)N(N=Cc3ccco3)C2=O)cc1Br. The fraction of sp³-hybridized carbons (Fsp3) is 0.0625. The Morgan fingerprint density at radius 3 is 2.92 bits per heavy atom. The summed E-state index contributed by atoms with van der Waals surface area (Å²) in [5.41, 5.74) is 0.859.